The molecule has 5 rings (SSSR count). The Morgan fingerprint density at radius 3 is 2.71 bits per heavy atom. The van der Waals surface area contributed by atoms with Crippen molar-refractivity contribution in [3.05, 3.63) is 53.4 Å². The summed E-state index contributed by atoms with van der Waals surface area (Å²) in [7, 11) is -3.49. The van der Waals surface area contributed by atoms with Crippen LogP contribution in [0.2, 0.25) is 0 Å². The number of amides is 1. The van der Waals surface area contributed by atoms with Crippen molar-refractivity contribution >= 4 is 33.4 Å². The van der Waals surface area contributed by atoms with Crippen LogP contribution < -0.4 is 5.32 Å². The first-order chi connectivity index (χ1) is 16.9. The van der Waals surface area contributed by atoms with Gasteiger partial charge in [-0.1, -0.05) is 41.6 Å². The van der Waals surface area contributed by atoms with Crippen molar-refractivity contribution in [2.75, 3.05) is 13.1 Å². The van der Waals surface area contributed by atoms with Crippen molar-refractivity contribution in [3.8, 4) is 0 Å². The zero-order chi connectivity index (χ0) is 24.3. The highest BCUT2D eigenvalue weighted by molar-refractivity contribution is 7.91. The molecule has 2 aliphatic heterocycles. The minimum atomic E-state index is -3.49. The summed E-state index contributed by atoms with van der Waals surface area (Å²) in [6, 6.07) is 13.2. The van der Waals surface area contributed by atoms with Crippen molar-refractivity contribution in [2.45, 2.75) is 67.1 Å². The van der Waals surface area contributed by atoms with Crippen molar-refractivity contribution in [2.24, 2.45) is 5.16 Å². The second-order valence-corrected chi connectivity index (χ2v) is 12.3. The van der Waals surface area contributed by atoms with Crippen LogP contribution in [0.1, 0.15) is 44.1 Å². The molecule has 1 aromatic carbocycles. The molecular formula is C24H29N3O6S2. The summed E-state index contributed by atoms with van der Waals surface area (Å²) >= 11 is 1.21. The Labute approximate surface area is 209 Å². The van der Waals surface area contributed by atoms with Gasteiger partial charge >= 0.3 is 6.09 Å². The Hall–Kier alpha value is -2.47. The zero-order valence-corrected chi connectivity index (χ0v) is 20.9. The summed E-state index contributed by atoms with van der Waals surface area (Å²) in [5.41, 5.74) is 0.462. The van der Waals surface area contributed by atoms with Crippen LogP contribution >= 0.6 is 11.3 Å². The molecule has 1 saturated carbocycles. The third-order valence-corrected chi connectivity index (χ3v) is 10.1. The number of piperidine rings is 1. The number of carbonyl (C=O) groups is 1. The molecule has 0 bridgehead atoms. The predicted octanol–water partition coefficient (Wildman–Crippen LogP) is 3.87. The lowest BCUT2D eigenvalue weighted by Gasteiger charge is -2.35. The van der Waals surface area contributed by atoms with Crippen LogP contribution in [0.25, 0.3) is 0 Å². The van der Waals surface area contributed by atoms with Crippen molar-refractivity contribution < 1.29 is 27.5 Å². The molecule has 0 radical (unpaired) electrons. The van der Waals surface area contributed by atoms with Gasteiger partial charge in [0.1, 0.15) is 9.81 Å². The fourth-order valence-corrected chi connectivity index (χ4v) is 7.42. The molecule has 1 amide bonds. The van der Waals surface area contributed by atoms with Gasteiger partial charge in [-0.2, -0.15) is 4.31 Å². The number of sulfonamides is 1. The van der Waals surface area contributed by atoms with E-state index in [9.17, 15) is 13.2 Å². The summed E-state index contributed by atoms with van der Waals surface area (Å²) in [5, 5.41) is 8.67. The van der Waals surface area contributed by atoms with E-state index >= 15 is 0 Å². The number of hydrogen-bond acceptors (Lipinski definition) is 8. The molecule has 1 spiro atoms. The van der Waals surface area contributed by atoms with Gasteiger partial charge in [-0.15, -0.1) is 11.3 Å². The minimum absolute atomic E-state index is 0.0644. The Morgan fingerprint density at radius 1 is 1.17 bits per heavy atom. The topological polar surface area (TPSA) is 107 Å². The van der Waals surface area contributed by atoms with E-state index in [1.165, 1.54) is 15.6 Å². The van der Waals surface area contributed by atoms with E-state index in [-0.39, 0.29) is 18.0 Å². The van der Waals surface area contributed by atoms with E-state index in [0.717, 1.165) is 24.8 Å². The van der Waals surface area contributed by atoms with Crippen LogP contribution in [0.4, 0.5) is 4.79 Å². The summed E-state index contributed by atoms with van der Waals surface area (Å²) in [5.74, 6) is 0.219. The molecule has 11 heteroatoms. The van der Waals surface area contributed by atoms with Crippen LogP contribution in [0.5, 0.6) is 0 Å². The maximum absolute atomic E-state index is 12.8. The van der Waals surface area contributed by atoms with E-state index in [4.69, 9.17) is 14.3 Å². The third-order valence-electron chi connectivity index (χ3n) is 6.81. The molecule has 3 heterocycles. The first kappa shape index (κ1) is 24.2. The van der Waals surface area contributed by atoms with E-state index in [0.29, 0.717) is 43.2 Å². The number of carbonyl (C=O) groups excluding carboxylic acids is 1. The standard InChI is InChI=1S/C24H29N3O6S2/c28-23(25-19-8-4-9-20(19)31-17-18-6-2-1-3-7-18)32-21-16-24(33-26-21)11-13-27(14-12-24)35(29,30)22-10-5-15-34-22/h1-3,5-7,10,15,19-20H,4,8-9,11-14,16-17H2,(H,25,28). The number of oxime groups is 1. The van der Waals surface area contributed by atoms with Gasteiger partial charge in [0.2, 0.25) is 5.90 Å². The number of benzene rings is 1. The Morgan fingerprint density at radius 2 is 1.97 bits per heavy atom. The molecular weight excluding hydrogens is 490 g/mol. The number of nitrogens with zero attached hydrogens (tertiary/aromatic N) is 2. The van der Waals surface area contributed by atoms with E-state index in [2.05, 4.69) is 10.5 Å². The van der Waals surface area contributed by atoms with Crippen LogP contribution in [-0.4, -0.2) is 55.6 Å². The molecule has 2 unspecified atom stereocenters. The molecule has 1 N–H and O–H groups in total. The van der Waals surface area contributed by atoms with E-state index in [1.54, 1.807) is 17.5 Å². The second-order valence-electron chi connectivity index (χ2n) is 9.18. The first-order valence-corrected chi connectivity index (χ1v) is 14.2. The van der Waals surface area contributed by atoms with Crippen molar-refractivity contribution in [1.82, 2.24) is 9.62 Å². The summed E-state index contributed by atoms with van der Waals surface area (Å²) in [6.45, 7) is 1.16. The minimum Gasteiger partial charge on any atom is -0.392 e. The predicted molar refractivity (Wildman–Crippen MR) is 130 cm³/mol. The second kappa shape index (κ2) is 10.3. The molecule has 1 saturated heterocycles. The summed E-state index contributed by atoms with van der Waals surface area (Å²) in [4.78, 5) is 18.2. The highest BCUT2D eigenvalue weighted by Crippen LogP contribution is 2.37. The van der Waals surface area contributed by atoms with Crippen molar-refractivity contribution in [1.29, 1.82) is 0 Å². The van der Waals surface area contributed by atoms with Gasteiger partial charge in [-0.3, -0.25) is 0 Å². The molecule has 35 heavy (non-hydrogen) atoms. The summed E-state index contributed by atoms with van der Waals surface area (Å²) in [6.07, 6.45) is 3.36. The molecule has 1 aliphatic carbocycles. The number of nitrogens with one attached hydrogen (secondary N) is 1. The summed E-state index contributed by atoms with van der Waals surface area (Å²) < 4.78 is 38.8. The van der Waals surface area contributed by atoms with E-state index < -0.39 is 21.7 Å². The monoisotopic (exact) mass is 519 g/mol. The van der Waals surface area contributed by atoms with Crippen LogP contribution in [0.3, 0.4) is 0 Å². The zero-order valence-electron chi connectivity index (χ0n) is 19.3. The lowest BCUT2D eigenvalue weighted by molar-refractivity contribution is -0.0506. The average molecular weight is 520 g/mol. The number of thiophene rings is 1. The average Bonchev–Trinajstić information content (AvgIpc) is 3.62. The van der Waals surface area contributed by atoms with Gasteiger partial charge < -0.3 is 19.6 Å². The quantitative estimate of drug-likeness (QED) is 0.621. The van der Waals surface area contributed by atoms with Gasteiger partial charge in [-0.25, -0.2) is 13.2 Å². The maximum Gasteiger partial charge on any atom is 0.414 e. The fourth-order valence-electron chi connectivity index (χ4n) is 4.84. The van der Waals surface area contributed by atoms with Gasteiger partial charge in [0.15, 0.2) is 0 Å². The van der Waals surface area contributed by atoms with Gasteiger partial charge in [0.25, 0.3) is 10.0 Å². The number of hydrogen-bond donors (Lipinski definition) is 1. The smallest absolute Gasteiger partial charge is 0.392 e. The molecule has 1 aromatic heterocycles. The largest absolute Gasteiger partial charge is 0.414 e. The molecule has 2 atom stereocenters. The number of rotatable bonds is 6. The maximum atomic E-state index is 12.8. The molecule has 2 aromatic rings. The number of alkyl carbamates (subject to hydrolysis) is 1. The molecule has 188 valence electrons. The van der Waals surface area contributed by atoms with Gasteiger partial charge in [-0.05, 0) is 36.3 Å². The van der Waals surface area contributed by atoms with Crippen LogP contribution in [-0.2, 0) is 30.9 Å². The Bertz CT molecular complexity index is 1150. The molecule has 3 aliphatic rings. The van der Waals surface area contributed by atoms with Crippen molar-refractivity contribution in [3.63, 3.8) is 0 Å². The number of ether oxygens (including phenoxy) is 2. The fraction of sp³-hybridized carbons (Fsp3) is 0.500. The molecule has 9 nitrogen and oxygen atoms in total. The lowest BCUT2D eigenvalue weighted by Crippen LogP contribution is -2.47. The lowest BCUT2D eigenvalue weighted by atomic mass is 9.89. The Kier molecular flexibility index (Phi) is 7.10. The van der Waals surface area contributed by atoms with Crippen LogP contribution in [0.15, 0.2) is 57.2 Å². The Balaban J connectivity index is 1.08. The van der Waals surface area contributed by atoms with Crippen LogP contribution in [0, 0.1) is 0 Å². The SMILES string of the molecule is O=C(NC1CCCC1OCc1ccccc1)OC1=NOC2(CCN(S(=O)(=O)c3cccs3)CC2)C1. The first-order valence-electron chi connectivity index (χ1n) is 11.9. The van der Waals surface area contributed by atoms with E-state index in [1.807, 2.05) is 30.3 Å². The van der Waals surface area contributed by atoms with Gasteiger partial charge in [0, 0.05) is 25.9 Å². The molecule has 2 fully saturated rings. The highest BCUT2D eigenvalue weighted by Gasteiger charge is 2.46. The highest BCUT2D eigenvalue weighted by atomic mass is 32.2. The third kappa shape index (κ3) is 5.53. The van der Waals surface area contributed by atoms with Gasteiger partial charge in [0.05, 0.1) is 25.2 Å². The normalized spacial score (nSPS) is 24.2.